The number of amidine groups is 1. The summed E-state index contributed by atoms with van der Waals surface area (Å²) in [5.74, 6) is -1.79. The first-order valence-corrected chi connectivity index (χ1v) is 8.61. The smallest absolute Gasteiger partial charge is 0.340 e. The van der Waals surface area contributed by atoms with E-state index < -0.39 is 17.8 Å². The number of nitrogens with zero attached hydrogens (tertiary/aromatic N) is 3. The van der Waals surface area contributed by atoms with Gasteiger partial charge in [-0.15, -0.1) is 0 Å². The van der Waals surface area contributed by atoms with Gasteiger partial charge in [-0.2, -0.15) is 10.4 Å². The number of methoxy groups -OCH3 is 2. The van der Waals surface area contributed by atoms with Crippen molar-refractivity contribution in [3.05, 3.63) is 46.8 Å². The lowest BCUT2D eigenvalue weighted by Gasteiger charge is -2.17. The molecule has 0 saturated carbocycles. The molecule has 1 aromatic carbocycles. The molecule has 0 unspecified atom stereocenters. The Labute approximate surface area is 172 Å². The molecule has 0 aliphatic rings. The fourth-order valence-corrected chi connectivity index (χ4v) is 2.85. The van der Waals surface area contributed by atoms with Gasteiger partial charge in [-0.3, -0.25) is 15.8 Å². The molecule has 1 heterocycles. The van der Waals surface area contributed by atoms with Gasteiger partial charge in [-0.1, -0.05) is 12.1 Å². The monoisotopic (exact) mass is 408 g/mol. The highest BCUT2D eigenvalue weighted by Gasteiger charge is 2.27. The number of esters is 2. The third-order valence-electron chi connectivity index (χ3n) is 4.15. The van der Waals surface area contributed by atoms with E-state index in [1.165, 1.54) is 14.2 Å². The third-order valence-corrected chi connectivity index (χ3v) is 4.15. The highest BCUT2D eigenvalue weighted by Crippen LogP contribution is 2.33. The molecule has 0 atom stereocenters. The average molecular weight is 408 g/mol. The molecule has 2 rings (SSSR count). The van der Waals surface area contributed by atoms with Crippen LogP contribution in [0.2, 0.25) is 0 Å². The Kier molecular flexibility index (Phi) is 6.82. The van der Waals surface area contributed by atoms with E-state index in [0.717, 1.165) is 0 Å². The predicted octanol–water partition coefficient (Wildman–Crippen LogP) is 2.17. The Morgan fingerprint density at radius 1 is 1.17 bits per heavy atom. The highest BCUT2D eigenvalue weighted by atomic mass is 16.5. The van der Waals surface area contributed by atoms with Gasteiger partial charge in [-0.25, -0.2) is 9.59 Å². The first-order valence-electron chi connectivity index (χ1n) is 8.61. The number of carbonyl (C=O) groups is 2. The molecule has 0 radical (unpaired) electrons. The number of nitrogens with two attached hydrogens (primary N) is 1. The van der Waals surface area contributed by atoms with Crippen LogP contribution in [0.15, 0.2) is 29.4 Å². The number of anilines is 1. The van der Waals surface area contributed by atoms with Crippen LogP contribution >= 0.6 is 0 Å². The van der Waals surface area contributed by atoms with E-state index in [2.05, 4.69) is 15.5 Å². The predicted molar refractivity (Wildman–Crippen MR) is 110 cm³/mol. The Morgan fingerprint density at radius 2 is 1.73 bits per heavy atom. The molecule has 0 aliphatic carbocycles. The number of benzene rings is 1. The van der Waals surface area contributed by atoms with Gasteiger partial charge < -0.3 is 15.2 Å². The Morgan fingerprint density at radius 3 is 2.20 bits per heavy atom. The van der Waals surface area contributed by atoms with Crippen LogP contribution < -0.4 is 11.2 Å². The minimum Gasteiger partial charge on any atom is -0.465 e. The fraction of sp³-hybridized carbons (Fsp3) is 0.200. The van der Waals surface area contributed by atoms with Crippen molar-refractivity contribution in [3.63, 3.8) is 0 Å². The van der Waals surface area contributed by atoms with Crippen LogP contribution in [0.4, 0.5) is 5.69 Å². The van der Waals surface area contributed by atoms with Crippen molar-refractivity contribution in [2.45, 2.75) is 13.8 Å². The van der Waals surface area contributed by atoms with Gasteiger partial charge in [0.25, 0.3) is 0 Å². The molecule has 0 aliphatic heterocycles. The van der Waals surface area contributed by atoms with Crippen molar-refractivity contribution >= 4 is 29.2 Å². The molecule has 0 fully saturated rings. The Hall–Kier alpha value is -4.26. The number of ether oxygens (including phenoxy) is 2. The molecule has 0 amide bonds. The first-order chi connectivity index (χ1) is 14.2. The average Bonchev–Trinajstić information content (AvgIpc) is 2.72. The number of carbonyl (C=O) groups excluding carboxylic acids is 2. The summed E-state index contributed by atoms with van der Waals surface area (Å²) in [6.07, 6.45) is 0. The molecule has 154 valence electrons. The van der Waals surface area contributed by atoms with E-state index in [1.807, 2.05) is 0 Å². The topological polar surface area (TPSA) is 164 Å². The Balaban J connectivity index is 2.74. The maximum atomic E-state index is 12.5. The number of hydrazone groups is 1. The van der Waals surface area contributed by atoms with Gasteiger partial charge in [0.05, 0.1) is 42.4 Å². The maximum absolute atomic E-state index is 12.5. The van der Waals surface area contributed by atoms with Gasteiger partial charge in [0, 0.05) is 5.56 Å². The highest BCUT2D eigenvalue weighted by molar-refractivity contribution is 6.45. The fourth-order valence-electron chi connectivity index (χ4n) is 2.85. The summed E-state index contributed by atoms with van der Waals surface area (Å²) in [4.78, 5) is 29.3. The molecule has 1 aromatic heterocycles. The van der Waals surface area contributed by atoms with E-state index in [1.54, 1.807) is 44.2 Å². The van der Waals surface area contributed by atoms with Crippen molar-refractivity contribution in [2.75, 3.05) is 19.6 Å². The first kappa shape index (κ1) is 22.0. The third kappa shape index (κ3) is 4.41. The standard InChI is InChI=1S/C20H20N6O4/c1-10-15(19(27)29-3)17(16(11(2)24-10)20(28)30-4)12-6-5-7-13(8-12)25-26-14(9-21)18(22)23/h5-8,25H,1-4H3,(H3,22,23)/b26-14+. The second kappa shape index (κ2) is 9.29. The summed E-state index contributed by atoms with van der Waals surface area (Å²) >= 11 is 0. The lowest BCUT2D eigenvalue weighted by Crippen LogP contribution is -2.21. The normalized spacial score (nSPS) is 10.7. The summed E-state index contributed by atoms with van der Waals surface area (Å²) < 4.78 is 9.79. The number of nitrogens with one attached hydrogen (secondary N) is 2. The van der Waals surface area contributed by atoms with Crippen molar-refractivity contribution in [2.24, 2.45) is 10.8 Å². The molecule has 4 N–H and O–H groups in total. The lowest BCUT2D eigenvalue weighted by molar-refractivity contribution is 0.0599. The van der Waals surface area contributed by atoms with Crippen molar-refractivity contribution < 1.29 is 19.1 Å². The van der Waals surface area contributed by atoms with Crippen LogP contribution in [0.5, 0.6) is 0 Å². The number of hydrogen-bond acceptors (Lipinski definition) is 9. The van der Waals surface area contributed by atoms with Gasteiger partial charge in [-0.05, 0) is 31.5 Å². The van der Waals surface area contributed by atoms with Crippen LogP contribution in [-0.4, -0.2) is 42.7 Å². The van der Waals surface area contributed by atoms with Crippen LogP contribution in [0, 0.1) is 30.6 Å². The molecule has 10 heteroatoms. The van der Waals surface area contributed by atoms with Gasteiger partial charge in [0.1, 0.15) is 6.07 Å². The molecule has 30 heavy (non-hydrogen) atoms. The summed E-state index contributed by atoms with van der Waals surface area (Å²) in [5.41, 5.74) is 9.90. The molecule has 10 nitrogen and oxygen atoms in total. The molecule has 2 aromatic rings. The SMILES string of the molecule is COC(=O)c1c(C)nc(C)c(C(=O)OC)c1-c1cccc(N/N=C(\C#N)C(=N)N)c1. The van der Waals surface area contributed by atoms with Crippen molar-refractivity contribution in [1.82, 2.24) is 4.98 Å². The quantitative estimate of drug-likeness (QED) is 0.283. The van der Waals surface area contributed by atoms with E-state index >= 15 is 0 Å². The van der Waals surface area contributed by atoms with Crippen LogP contribution in [-0.2, 0) is 9.47 Å². The number of hydrogen-bond donors (Lipinski definition) is 3. The number of pyridine rings is 1. The minimum absolute atomic E-state index is 0.130. The zero-order valence-electron chi connectivity index (χ0n) is 16.9. The largest absolute Gasteiger partial charge is 0.465 e. The number of nitriles is 1. The van der Waals surface area contributed by atoms with Gasteiger partial charge >= 0.3 is 11.9 Å². The van der Waals surface area contributed by atoms with Crippen LogP contribution in [0.3, 0.4) is 0 Å². The van der Waals surface area contributed by atoms with Crippen LogP contribution in [0.25, 0.3) is 11.1 Å². The summed E-state index contributed by atoms with van der Waals surface area (Å²) in [6, 6.07) is 8.33. The number of aromatic nitrogens is 1. The molecule has 0 bridgehead atoms. The molecular weight excluding hydrogens is 388 g/mol. The molecule has 0 spiro atoms. The minimum atomic E-state index is -0.653. The zero-order valence-corrected chi connectivity index (χ0v) is 16.9. The van der Waals surface area contributed by atoms with E-state index in [4.69, 9.17) is 25.9 Å². The summed E-state index contributed by atoms with van der Waals surface area (Å²) in [7, 11) is 2.47. The summed E-state index contributed by atoms with van der Waals surface area (Å²) in [5, 5.41) is 20.1. The van der Waals surface area contributed by atoms with Crippen LogP contribution in [0.1, 0.15) is 32.1 Å². The van der Waals surface area contributed by atoms with Gasteiger partial charge in [0.2, 0.25) is 5.71 Å². The second-order valence-electron chi connectivity index (χ2n) is 6.07. The maximum Gasteiger partial charge on any atom is 0.340 e. The van der Waals surface area contributed by atoms with Gasteiger partial charge in [0.15, 0.2) is 5.84 Å². The number of aryl methyl sites for hydroxylation is 2. The number of rotatable bonds is 6. The zero-order chi connectivity index (χ0) is 22.4. The van der Waals surface area contributed by atoms with E-state index in [-0.39, 0.29) is 16.8 Å². The van der Waals surface area contributed by atoms with E-state index in [0.29, 0.717) is 28.2 Å². The second-order valence-corrected chi connectivity index (χ2v) is 6.07. The lowest BCUT2D eigenvalue weighted by atomic mass is 9.92. The van der Waals surface area contributed by atoms with E-state index in [9.17, 15) is 9.59 Å². The Bertz CT molecular complexity index is 1060. The molecule has 0 saturated heterocycles. The van der Waals surface area contributed by atoms with Crippen molar-refractivity contribution in [1.29, 1.82) is 10.7 Å². The molecular formula is C20H20N6O4. The van der Waals surface area contributed by atoms with Crippen molar-refractivity contribution in [3.8, 4) is 17.2 Å². The summed E-state index contributed by atoms with van der Waals surface area (Å²) in [6.45, 7) is 3.28.